The van der Waals surface area contributed by atoms with E-state index in [1.807, 2.05) is 135 Å². The van der Waals surface area contributed by atoms with Crippen molar-refractivity contribution in [2.24, 2.45) is 10.8 Å². The molecule has 0 radical (unpaired) electrons. The molecule has 2 aliphatic heterocycles. The smallest absolute Gasteiger partial charge is 0.549 e. The molecule has 4 aliphatic rings. The largest absolute Gasteiger partial charge is 1.00 e. The van der Waals surface area contributed by atoms with Crippen molar-refractivity contribution in [3.8, 4) is 46.0 Å². The Bertz CT molecular complexity index is 2970. The van der Waals surface area contributed by atoms with Crippen LogP contribution < -0.4 is 107 Å². The molecule has 10 rings (SSSR count). The summed E-state index contributed by atoms with van der Waals surface area (Å²) in [6, 6.07) is 37.9. The fourth-order valence-electron chi connectivity index (χ4n) is 12.3. The van der Waals surface area contributed by atoms with Crippen molar-refractivity contribution in [3.05, 3.63) is 166 Å². The molecule has 0 amide bonds. The summed E-state index contributed by atoms with van der Waals surface area (Å²) in [5.74, 6) is 2.06. The van der Waals surface area contributed by atoms with Gasteiger partial charge in [-0.25, -0.2) is 0 Å². The second-order valence-electron chi connectivity index (χ2n) is 19.6. The minimum Gasteiger partial charge on any atom is -0.549 e. The standard InChI is InChI=1S/2C30H31O7P.2Na/c2*1-4-15-35-25-13-11-23-22(27(25)34-2)18-29(28(31)32,14-16-38(3)33)30(23,20-8-6-5-7-9-20)21-10-12-24-26(17-21)37-19-36-24;;/h2*5-13,17H,4,14-16,18-19H2,1-3H3;;/q;;2*+1. The summed E-state index contributed by atoms with van der Waals surface area (Å²) >= 11 is 0. The average molecular weight is 1120 g/mol. The van der Waals surface area contributed by atoms with Crippen LogP contribution in [0.15, 0.2) is 121 Å². The second kappa shape index (κ2) is 25.5. The van der Waals surface area contributed by atoms with Crippen molar-refractivity contribution in [3.63, 3.8) is 0 Å². The summed E-state index contributed by atoms with van der Waals surface area (Å²) in [5.41, 5.74) is 0.794. The van der Waals surface area contributed by atoms with Gasteiger partial charge in [-0.1, -0.05) is 108 Å². The Hall–Kier alpha value is -5.14. The zero-order valence-corrected chi connectivity index (χ0v) is 51.4. The van der Waals surface area contributed by atoms with E-state index in [0.29, 0.717) is 59.2 Å². The van der Waals surface area contributed by atoms with E-state index in [2.05, 4.69) is 0 Å². The SMILES string of the molecule is CCCOc1ccc2c(c1OC)CC(CC[P+](C)=O)(C(=O)[O-])C2(c1ccccc1)c1ccc2c(c1)OCO2.CCCOc1ccc2c(c1OC)CC(CC[P+](C)=O)(C(=O)[O-])C2(c1ccccc1)c1ccc2c(c1)OCO2.[Na+].[Na+]. The Labute approximate surface area is 502 Å². The number of ether oxygens (including phenoxy) is 8. The Morgan fingerprint density at radius 2 is 0.897 bits per heavy atom. The van der Waals surface area contributed by atoms with Gasteiger partial charge in [-0.05, 0) is 95.5 Å². The number of hydrogen-bond acceptors (Lipinski definition) is 14. The number of benzene rings is 6. The number of aliphatic carboxylic acids is 2. The molecule has 0 bridgehead atoms. The number of hydrogen-bond donors (Lipinski definition) is 0. The topological polar surface area (TPSA) is 188 Å². The van der Waals surface area contributed by atoms with Gasteiger partial charge in [0.1, 0.15) is 25.7 Å². The zero-order valence-electron chi connectivity index (χ0n) is 45.6. The molecule has 2 heterocycles. The van der Waals surface area contributed by atoms with Crippen LogP contribution in [0.2, 0.25) is 0 Å². The first-order valence-electron chi connectivity index (χ1n) is 25.5. The van der Waals surface area contributed by atoms with E-state index >= 15 is 0 Å². The summed E-state index contributed by atoms with van der Waals surface area (Å²) in [6.45, 7) is 8.50. The quantitative estimate of drug-likeness (QED) is 0.0800. The molecule has 18 heteroatoms. The molecule has 14 nitrogen and oxygen atoms in total. The number of methoxy groups -OCH3 is 2. The van der Waals surface area contributed by atoms with E-state index in [4.69, 9.17) is 37.9 Å². The van der Waals surface area contributed by atoms with Crippen LogP contribution in [0.25, 0.3) is 0 Å². The fraction of sp³-hybridized carbons (Fsp3) is 0.367. The molecule has 6 aromatic rings. The van der Waals surface area contributed by atoms with Gasteiger partial charge >= 0.3 is 74.7 Å². The van der Waals surface area contributed by atoms with Crippen molar-refractivity contribution < 1.29 is 126 Å². The Balaban J connectivity index is 0.000000220. The first kappa shape index (κ1) is 60.5. The van der Waals surface area contributed by atoms with Gasteiger partial charge in [0.25, 0.3) is 0 Å². The van der Waals surface area contributed by atoms with Gasteiger partial charge in [-0.2, -0.15) is 0 Å². The van der Waals surface area contributed by atoms with Gasteiger partial charge in [0.05, 0.1) is 38.3 Å². The number of carbonyl (C=O) groups is 2. The van der Waals surface area contributed by atoms with Gasteiger partial charge in [-0.15, -0.1) is 0 Å². The molecule has 0 saturated heterocycles. The summed E-state index contributed by atoms with van der Waals surface area (Å²) in [6.07, 6.45) is 2.65. The number of carboxylic acids is 2. The average Bonchev–Trinajstić information content (AvgIpc) is 4.31. The maximum absolute atomic E-state index is 13.5. The van der Waals surface area contributed by atoms with E-state index in [0.717, 1.165) is 57.3 Å². The minimum absolute atomic E-state index is 0. The van der Waals surface area contributed by atoms with Crippen LogP contribution >= 0.6 is 15.6 Å². The molecule has 6 aromatic carbocycles. The van der Waals surface area contributed by atoms with E-state index in [-0.39, 0.29) is 111 Å². The second-order valence-corrected chi connectivity index (χ2v) is 23.0. The zero-order chi connectivity index (χ0) is 53.8. The summed E-state index contributed by atoms with van der Waals surface area (Å²) in [4.78, 5) is 27.0. The first-order valence-corrected chi connectivity index (χ1v) is 29.3. The van der Waals surface area contributed by atoms with Crippen molar-refractivity contribution in [1.82, 2.24) is 0 Å². The molecule has 0 spiro atoms. The number of carboxylic acid groups (broad SMARTS) is 2. The Morgan fingerprint density at radius 3 is 1.23 bits per heavy atom. The van der Waals surface area contributed by atoms with Crippen LogP contribution in [-0.2, 0) is 42.4 Å². The van der Waals surface area contributed by atoms with Crippen LogP contribution in [0.4, 0.5) is 0 Å². The monoisotopic (exact) mass is 1110 g/mol. The van der Waals surface area contributed by atoms with Crippen molar-refractivity contribution >= 4 is 27.5 Å². The van der Waals surface area contributed by atoms with Crippen LogP contribution in [-0.4, -0.2) is 78.6 Å². The molecule has 0 fully saturated rings. The Kier molecular flexibility index (Phi) is 19.8. The fourth-order valence-corrected chi connectivity index (χ4v) is 13.7. The third-order valence-electron chi connectivity index (χ3n) is 15.5. The van der Waals surface area contributed by atoms with Crippen molar-refractivity contribution in [1.29, 1.82) is 0 Å². The molecule has 0 saturated carbocycles. The molecule has 78 heavy (non-hydrogen) atoms. The number of rotatable bonds is 20. The van der Waals surface area contributed by atoms with Gasteiger partial charge in [0.2, 0.25) is 13.6 Å². The first-order chi connectivity index (χ1) is 36.8. The van der Waals surface area contributed by atoms with Crippen LogP contribution in [0.5, 0.6) is 46.0 Å². The third kappa shape index (κ3) is 10.3. The van der Waals surface area contributed by atoms with Crippen molar-refractivity contribution in [2.45, 2.75) is 63.2 Å². The third-order valence-corrected chi connectivity index (χ3v) is 17.2. The predicted molar refractivity (Wildman–Crippen MR) is 284 cm³/mol. The van der Waals surface area contributed by atoms with Gasteiger partial charge in [0, 0.05) is 46.7 Å². The van der Waals surface area contributed by atoms with Gasteiger partial charge in [0.15, 0.2) is 46.0 Å². The van der Waals surface area contributed by atoms with E-state index < -0.39 is 49.2 Å². The van der Waals surface area contributed by atoms with E-state index in [9.17, 15) is 28.9 Å². The normalized spacial score (nSPS) is 21.1. The van der Waals surface area contributed by atoms with Crippen LogP contribution in [0.1, 0.15) is 84.0 Å². The molecule has 396 valence electrons. The van der Waals surface area contributed by atoms with Crippen LogP contribution in [0, 0.1) is 10.8 Å². The number of carbonyl (C=O) groups excluding carboxylic acids is 2. The van der Waals surface area contributed by atoms with Crippen LogP contribution in [0.3, 0.4) is 0 Å². The number of fused-ring (bicyclic) bond motifs is 4. The van der Waals surface area contributed by atoms with Crippen molar-refractivity contribution in [2.75, 3.05) is 66.7 Å². The summed E-state index contributed by atoms with van der Waals surface area (Å²) in [7, 11) is -0.0592. The molecule has 0 N–H and O–H groups in total. The molecule has 2 aliphatic carbocycles. The molecular formula is C60H62Na2O14P2+2. The summed E-state index contributed by atoms with van der Waals surface area (Å²) in [5, 5.41) is 27.0. The maximum Gasteiger partial charge on any atom is 1.00 e. The van der Waals surface area contributed by atoms with Gasteiger partial charge < -0.3 is 57.7 Å². The van der Waals surface area contributed by atoms with E-state index in [1.165, 1.54) is 0 Å². The summed E-state index contributed by atoms with van der Waals surface area (Å²) < 4.78 is 71.2. The molecule has 6 unspecified atom stereocenters. The minimum atomic E-state index is -1.60. The Morgan fingerprint density at radius 1 is 0.526 bits per heavy atom. The molecule has 0 aromatic heterocycles. The predicted octanol–water partition coefficient (Wildman–Crippen LogP) is 3.38. The van der Waals surface area contributed by atoms with E-state index in [1.54, 1.807) is 27.5 Å². The molecular weight excluding hydrogens is 1050 g/mol. The molecule has 6 atom stereocenters. The van der Waals surface area contributed by atoms with Gasteiger partial charge in [-0.3, -0.25) is 0 Å². The maximum atomic E-state index is 13.5.